The first-order chi connectivity index (χ1) is 5.22. The third-order valence-corrected chi connectivity index (χ3v) is 2.03. The summed E-state index contributed by atoms with van der Waals surface area (Å²) in [5.41, 5.74) is 0. The van der Waals surface area contributed by atoms with Crippen LogP contribution in [-0.2, 0) is 4.79 Å². The van der Waals surface area contributed by atoms with E-state index in [-0.39, 0.29) is 5.91 Å². The van der Waals surface area contributed by atoms with Crippen LogP contribution in [0.5, 0.6) is 0 Å². The van der Waals surface area contributed by atoms with Crippen molar-refractivity contribution < 1.29 is 9.90 Å². The molecule has 0 aliphatic carbocycles. The summed E-state index contributed by atoms with van der Waals surface area (Å²) in [5, 5.41) is 8.98. The van der Waals surface area contributed by atoms with Gasteiger partial charge in [0, 0.05) is 13.1 Å². The number of aliphatic hydroxyl groups is 1. The van der Waals surface area contributed by atoms with Crippen molar-refractivity contribution in [1.82, 2.24) is 4.90 Å². The van der Waals surface area contributed by atoms with Crippen molar-refractivity contribution in [3.63, 3.8) is 0 Å². The number of piperidine rings is 1. The number of hydrogen-bond donors (Lipinski definition) is 1. The van der Waals surface area contributed by atoms with Gasteiger partial charge in [0.05, 0.1) is 0 Å². The van der Waals surface area contributed by atoms with E-state index in [0.29, 0.717) is 0 Å². The van der Waals surface area contributed by atoms with Crippen LogP contribution in [0.4, 0.5) is 0 Å². The Balaban J connectivity index is 2.39. The third-order valence-electron chi connectivity index (χ3n) is 2.03. The lowest BCUT2D eigenvalue weighted by atomic mass is 10.1. The Morgan fingerprint density at radius 3 is 2.36 bits per heavy atom. The summed E-state index contributed by atoms with van der Waals surface area (Å²) in [4.78, 5) is 12.9. The van der Waals surface area contributed by atoms with E-state index in [9.17, 15) is 4.79 Å². The Labute approximate surface area is 67.0 Å². The highest BCUT2D eigenvalue weighted by molar-refractivity contribution is 5.80. The molecular weight excluding hydrogens is 142 g/mol. The minimum absolute atomic E-state index is 0.121. The van der Waals surface area contributed by atoms with Gasteiger partial charge in [0.15, 0.2) is 0 Å². The summed E-state index contributed by atoms with van der Waals surface area (Å²) >= 11 is 0. The Kier molecular flexibility index (Phi) is 2.88. The maximum absolute atomic E-state index is 11.2. The highest BCUT2D eigenvalue weighted by Gasteiger charge is 2.19. The summed E-state index contributed by atoms with van der Waals surface area (Å²) in [5.74, 6) is -0.121. The monoisotopic (exact) mass is 157 g/mol. The highest BCUT2D eigenvalue weighted by Crippen LogP contribution is 2.09. The summed E-state index contributed by atoms with van der Waals surface area (Å²) in [6.07, 6.45) is 2.55. The number of rotatable bonds is 1. The fourth-order valence-corrected chi connectivity index (χ4v) is 1.38. The number of hydrogen-bond acceptors (Lipinski definition) is 2. The fraction of sp³-hybridized carbons (Fsp3) is 0.875. The second-order valence-electron chi connectivity index (χ2n) is 3.06. The molecule has 1 heterocycles. The molecule has 0 unspecified atom stereocenters. The van der Waals surface area contributed by atoms with Crippen molar-refractivity contribution in [2.24, 2.45) is 0 Å². The van der Waals surface area contributed by atoms with E-state index in [0.717, 1.165) is 25.9 Å². The zero-order valence-electron chi connectivity index (χ0n) is 6.92. The van der Waals surface area contributed by atoms with E-state index in [2.05, 4.69) is 0 Å². The molecule has 1 atom stereocenters. The molecule has 1 amide bonds. The van der Waals surface area contributed by atoms with Gasteiger partial charge in [-0.15, -0.1) is 0 Å². The van der Waals surface area contributed by atoms with Gasteiger partial charge in [0.1, 0.15) is 6.10 Å². The molecule has 64 valence electrons. The number of amides is 1. The van der Waals surface area contributed by atoms with Crippen LogP contribution < -0.4 is 0 Å². The largest absolute Gasteiger partial charge is 0.384 e. The van der Waals surface area contributed by atoms with Gasteiger partial charge in [0.2, 0.25) is 0 Å². The smallest absolute Gasteiger partial charge is 0.251 e. The van der Waals surface area contributed by atoms with E-state index in [1.54, 1.807) is 4.90 Å². The molecule has 11 heavy (non-hydrogen) atoms. The second kappa shape index (κ2) is 3.72. The van der Waals surface area contributed by atoms with Crippen LogP contribution in [-0.4, -0.2) is 35.1 Å². The second-order valence-corrected chi connectivity index (χ2v) is 3.06. The van der Waals surface area contributed by atoms with Crippen LogP contribution in [0.15, 0.2) is 0 Å². The molecule has 0 aromatic carbocycles. The standard InChI is InChI=1S/C8H15NO2/c1-7(10)8(11)9-5-3-2-4-6-9/h7,10H,2-6H2,1H3/t7-/m1/s1. The molecule has 0 bridgehead atoms. The van der Waals surface area contributed by atoms with Gasteiger partial charge in [-0.2, -0.15) is 0 Å². The molecule has 0 aromatic heterocycles. The topological polar surface area (TPSA) is 40.5 Å². The SMILES string of the molecule is C[C@@H](O)C(=O)N1CCCCC1. The minimum Gasteiger partial charge on any atom is -0.384 e. The van der Waals surface area contributed by atoms with Crippen LogP contribution in [0.2, 0.25) is 0 Å². The number of aliphatic hydroxyl groups excluding tert-OH is 1. The Morgan fingerprint density at radius 1 is 1.36 bits per heavy atom. The number of nitrogens with zero attached hydrogens (tertiary/aromatic N) is 1. The lowest BCUT2D eigenvalue weighted by Gasteiger charge is -2.27. The van der Waals surface area contributed by atoms with Crippen molar-refractivity contribution in [3.8, 4) is 0 Å². The Morgan fingerprint density at radius 2 is 1.91 bits per heavy atom. The van der Waals surface area contributed by atoms with Gasteiger partial charge >= 0.3 is 0 Å². The third kappa shape index (κ3) is 2.19. The number of carbonyl (C=O) groups excluding carboxylic acids is 1. The maximum Gasteiger partial charge on any atom is 0.251 e. The molecule has 1 fully saturated rings. The van der Waals surface area contributed by atoms with Crippen LogP contribution in [0.3, 0.4) is 0 Å². The summed E-state index contributed by atoms with van der Waals surface area (Å²) < 4.78 is 0. The molecule has 1 rings (SSSR count). The molecular formula is C8H15NO2. The van der Waals surface area contributed by atoms with Crippen molar-refractivity contribution in [2.45, 2.75) is 32.3 Å². The van der Waals surface area contributed by atoms with Crippen LogP contribution in [0.1, 0.15) is 26.2 Å². The Hall–Kier alpha value is -0.570. The van der Waals surface area contributed by atoms with Crippen molar-refractivity contribution in [3.05, 3.63) is 0 Å². The predicted molar refractivity (Wildman–Crippen MR) is 42.1 cm³/mol. The summed E-state index contributed by atoms with van der Waals surface area (Å²) in [6, 6.07) is 0. The first-order valence-corrected chi connectivity index (χ1v) is 4.18. The normalized spacial score (nSPS) is 21.5. The van der Waals surface area contributed by atoms with E-state index in [4.69, 9.17) is 5.11 Å². The maximum atomic E-state index is 11.2. The van der Waals surface area contributed by atoms with Crippen LogP contribution >= 0.6 is 0 Å². The molecule has 0 radical (unpaired) electrons. The van der Waals surface area contributed by atoms with Crippen LogP contribution in [0, 0.1) is 0 Å². The average Bonchev–Trinajstić information content (AvgIpc) is 2.05. The molecule has 3 heteroatoms. The van der Waals surface area contributed by atoms with Gasteiger partial charge < -0.3 is 10.0 Å². The molecule has 1 saturated heterocycles. The van der Waals surface area contributed by atoms with E-state index < -0.39 is 6.10 Å². The van der Waals surface area contributed by atoms with Gasteiger partial charge in [-0.05, 0) is 26.2 Å². The predicted octanol–water partition coefficient (Wildman–Crippen LogP) is 0.380. The molecule has 0 spiro atoms. The molecule has 0 aromatic rings. The summed E-state index contributed by atoms with van der Waals surface area (Å²) in [6.45, 7) is 3.17. The minimum atomic E-state index is -0.826. The summed E-state index contributed by atoms with van der Waals surface area (Å²) in [7, 11) is 0. The fourth-order valence-electron chi connectivity index (χ4n) is 1.38. The lowest BCUT2D eigenvalue weighted by Crippen LogP contribution is -2.40. The number of carbonyl (C=O) groups is 1. The average molecular weight is 157 g/mol. The molecule has 0 saturated carbocycles. The molecule has 1 N–H and O–H groups in total. The zero-order chi connectivity index (χ0) is 8.27. The highest BCUT2D eigenvalue weighted by atomic mass is 16.3. The number of likely N-dealkylation sites (tertiary alicyclic amines) is 1. The van der Waals surface area contributed by atoms with Gasteiger partial charge in [-0.3, -0.25) is 4.79 Å². The molecule has 1 aliphatic heterocycles. The van der Waals surface area contributed by atoms with Crippen molar-refractivity contribution in [1.29, 1.82) is 0 Å². The van der Waals surface area contributed by atoms with E-state index >= 15 is 0 Å². The molecule has 1 aliphatic rings. The first kappa shape index (κ1) is 8.53. The van der Waals surface area contributed by atoms with E-state index in [1.807, 2.05) is 0 Å². The van der Waals surface area contributed by atoms with E-state index in [1.165, 1.54) is 13.3 Å². The quantitative estimate of drug-likeness (QED) is 0.597. The van der Waals surface area contributed by atoms with Gasteiger partial charge in [0.25, 0.3) is 5.91 Å². The lowest BCUT2D eigenvalue weighted by molar-refractivity contribution is -0.140. The van der Waals surface area contributed by atoms with Crippen molar-refractivity contribution >= 4 is 5.91 Å². The van der Waals surface area contributed by atoms with Crippen molar-refractivity contribution in [2.75, 3.05) is 13.1 Å². The first-order valence-electron chi connectivity index (χ1n) is 4.18. The zero-order valence-corrected chi connectivity index (χ0v) is 6.92. The van der Waals surface area contributed by atoms with Crippen LogP contribution in [0.25, 0.3) is 0 Å². The van der Waals surface area contributed by atoms with Gasteiger partial charge in [-0.1, -0.05) is 0 Å². The Bertz CT molecular complexity index is 139. The molecule has 3 nitrogen and oxygen atoms in total. The van der Waals surface area contributed by atoms with Gasteiger partial charge in [-0.25, -0.2) is 0 Å².